The van der Waals surface area contributed by atoms with Crippen LogP contribution in [0.1, 0.15) is 47.1 Å². The number of amides is 1. The van der Waals surface area contributed by atoms with Gasteiger partial charge in [-0.05, 0) is 48.4 Å². The first kappa shape index (κ1) is 23.9. The molecule has 1 aromatic heterocycles. The fourth-order valence-electron chi connectivity index (χ4n) is 4.45. The lowest BCUT2D eigenvalue weighted by molar-refractivity contribution is 0.0792. The second-order valence-electron chi connectivity index (χ2n) is 10.5. The predicted octanol–water partition coefficient (Wildman–Crippen LogP) is 5.48. The van der Waals surface area contributed by atoms with Crippen LogP contribution in [0.25, 0.3) is 10.1 Å². The number of piperazine rings is 1. The van der Waals surface area contributed by atoms with Crippen molar-refractivity contribution in [2.24, 2.45) is 5.41 Å². The van der Waals surface area contributed by atoms with Crippen LogP contribution in [0.4, 0.5) is 0 Å². The molecule has 1 saturated heterocycles. The lowest BCUT2D eigenvalue weighted by Gasteiger charge is -2.40. The van der Waals surface area contributed by atoms with Crippen molar-refractivity contribution in [1.29, 1.82) is 0 Å². The lowest BCUT2D eigenvalue weighted by Crippen LogP contribution is -2.54. The minimum Gasteiger partial charge on any atom is -0.347 e. The molecule has 1 fully saturated rings. The van der Waals surface area contributed by atoms with E-state index in [1.54, 1.807) is 0 Å². The van der Waals surface area contributed by atoms with Crippen molar-refractivity contribution in [2.45, 2.75) is 47.2 Å². The number of carbonyl (C=O) groups is 1. The molecule has 0 aliphatic carbocycles. The summed E-state index contributed by atoms with van der Waals surface area (Å²) in [5, 5.41) is 4.72. The van der Waals surface area contributed by atoms with Crippen molar-refractivity contribution >= 4 is 27.3 Å². The van der Waals surface area contributed by atoms with Crippen LogP contribution in [-0.4, -0.2) is 54.5 Å². The lowest BCUT2D eigenvalue weighted by atomic mass is 9.86. The first-order chi connectivity index (χ1) is 15.7. The van der Waals surface area contributed by atoms with Gasteiger partial charge in [-0.15, -0.1) is 11.3 Å². The molecule has 2 aromatic carbocycles. The molecule has 1 amide bonds. The van der Waals surface area contributed by atoms with Gasteiger partial charge in [0.2, 0.25) is 0 Å². The highest BCUT2D eigenvalue weighted by atomic mass is 32.1. The van der Waals surface area contributed by atoms with Crippen molar-refractivity contribution in [3.63, 3.8) is 0 Å². The van der Waals surface area contributed by atoms with Gasteiger partial charge in [-0.25, -0.2) is 0 Å². The highest BCUT2D eigenvalue weighted by Crippen LogP contribution is 2.31. The number of aryl methyl sites for hydroxylation is 2. The monoisotopic (exact) mass is 463 g/mol. The van der Waals surface area contributed by atoms with Gasteiger partial charge < -0.3 is 5.32 Å². The topological polar surface area (TPSA) is 35.6 Å². The van der Waals surface area contributed by atoms with Crippen molar-refractivity contribution in [1.82, 2.24) is 15.1 Å². The van der Waals surface area contributed by atoms with Crippen LogP contribution in [0.2, 0.25) is 0 Å². The quantitative estimate of drug-likeness (QED) is 0.526. The summed E-state index contributed by atoms with van der Waals surface area (Å²) in [5.41, 5.74) is 3.33. The molecule has 1 atom stereocenters. The first-order valence-electron chi connectivity index (χ1n) is 12.0. The molecular formula is C28H37N3OS. The molecule has 1 aliphatic heterocycles. The molecule has 0 spiro atoms. The van der Waals surface area contributed by atoms with Crippen molar-refractivity contribution in [3.05, 3.63) is 70.1 Å². The SMILES string of the molecule is Cc1ccc(C(=O)N[C@@H](CN2CCN(Cc3sc4ccccc4c3C)CC2)C(C)(C)C)cc1. The summed E-state index contributed by atoms with van der Waals surface area (Å²) in [7, 11) is 0. The summed E-state index contributed by atoms with van der Waals surface area (Å²) in [5.74, 6) is 0.0220. The zero-order chi connectivity index (χ0) is 23.6. The molecule has 33 heavy (non-hydrogen) atoms. The third kappa shape index (κ3) is 5.84. The number of fused-ring (bicyclic) bond motifs is 1. The maximum absolute atomic E-state index is 12.9. The normalized spacial score (nSPS) is 16.8. The van der Waals surface area contributed by atoms with E-state index in [0.717, 1.165) is 44.8 Å². The maximum Gasteiger partial charge on any atom is 0.251 e. The second-order valence-corrected chi connectivity index (χ2v) is 11.6. The molecule has 0 saturated carbocycles. The summed E-state index contributed by atoms with van der Waals surface area (Å²) < 4.78 is 1.39. The number of hydrogen-bond donors (Lipinski definition) is 1. The summed E-state index contributed by atoms with van der Waals surface area (Å²) in [6, 6.07) is 16.7. The Bertz CT molecular complexity index is 1090. The Morgan fingerprint density at radius 2 is 1.61 bits per heavy atom. The molecule has 176 valence electrons. The van der Waals surface area contributed by atoms with Crippen LogP contribution in [0.5, 0.6) is 0 Å². The molecule has 3 aromatic rings. The number of thiophene rings is 1. The standard InChI is InChI=1S/C28H37N3OS/c1-20-10-12-22(13-11-20)27(32)29-26(28(3,4)5)19-31-16-14-30(15-17-31)18-25-21(2)23-8-6-7-9-24(23)33-25/h6-13,26H,14-19H2,1-5H3,(H,29,32)/t26-/m0/s1. The van der Waals surface area contributed by atoms with Crippen LogP contribution in [0.3, 0.4) is 0 Å². The molecule has 0 unspecified atom stereocenters. The highest BCUT2D eigenvalue weighted by molar-refractivity contribution is 7.19. The molecule has 4 rings (SSSR count). The van der Waals surface area contributed by atoms with Gasteiger partial charge in [0, 0.05) is 60.5 Å². The number of nitrogens with one attached hydrogen (secondary N) is 1. The van der Waals surface area contributed by atoms with Gasteiger partial charge in [-0.1, -0.05) is 56.7 Å². The molecule has 2 heterocycles. The molecule has 1 aliphatic rings. The summed E-state index contributed by atoms with van der Waals surface area (Å²) in [4.78, 5) is 19.5. The van der Waals surface area contributed by atoms with E-state index in [1.165, 1.54) is 26.1 Å². The summed E-state index contributed by atoms with van der Waals surface area (Å²) in [6.07, 6.45) is 0. The number of nitrogens with zero attached hydrogens (tertiary/aromatic N) is 2. The number of rotatable bonds is 6. The predicted molar refractivity (Wildman–Crippen MR) is 140 cm³/mol. The van der Waals surface area contributed by atoms with Crippen LogP contribution in [0.15, 0.2) is 48.5 Å². The summed E-state index contributed by atoms with van der Waals surface area (Å²) >= 11 is 1.94. The van der Waals surface area contributed by atoms with Crippen molar-refractivity contribution in [2.75, 3.05) is 32.7 Å². The smallest absolute Gasteiger partial charge is 0.251 e. The van der Waals surface area contributed by atoms with E-state index in [2.05, 4.69) is 67.1 Å². The van der Waals surface area contributed by atoms with Gasteiger partial charge in [-0.2, -0.15) is 0 Å². The fourth-order valence-corrected chi connectivity index (χ4v) is 5.70. The number of carbonyl (C=O) groups excluding carboxylic acids is 1. The van der Waals surface area contributed by atoms with Gasteiger partial charge in [0.1, 0.15) is 0 Å². The van der Waals surface area contributed by atoms with Crippen LogP contribution >= 0.6 is 11.3 Å². The number of hydrogen-bond acceptors (Lipinski definition) is 4. The summed E-state index contributed by atoms with van der Waals surface area (Å²) in [6.45, 7) is 17.1. The van der Waals surface area contributed by atoms with Crippen LogP contribution in [0, 0.1) is 19.3 Å². The zero-order valence-corrected chi connectivity index (χ0v) is 21.5. The Balaban J connectivity index is 1.34. The average molecular weight is 464 g/mol. The van der Waals surface area contributed by atoms with Crippen LogP contribution < -0.4 is 5.32 Å². The third-order valence-electron chi connectivity index (χ3n) is 6.88. The van der Waals surface area contributed by atoms with E-state index >= 15 is 0 Å². The van der Waals surface area contributed by atoms with Gasteiger partial charge in [-0.3, -0.25) is 14.6 Å². The minimum atomic E-state index is -0.00826. The van der Waals surface area contributed by atoms with Gasteiger partial charge in [0.25, 0.3) is 5.91 Å². The maximum atomic E-state index is 12.9. The minimum absolute atomic E-state index is 0.00826. The van der Waals surface area contributed by atoms with Gasteiger partial charge in [0.15, 0.2) is 0 Å². The highest BCUT2D eigenvalue weighted by Gasteiger charge is 2.30. The van der Waals surface area contributed by atoms with E-state index in [9.17, 15) is 4.79 Å². The molecule has 0 bridgehead atoms. The Morgan fingerprint density at radius 3 is 2.24 bits per heavy atom. The molecular weight excluding hydrogens is 426 g/mol. The third-order valence-corrected chi connectivity index (χ3v) is 8.14. The Hall–Kier alpha value is -2.21. The van der Waals surface area contributed by atoms with E-state index < -0.39 is 0 Å². The average Bonchev–Trinajstić information content (AvgIpc) is 3.10. The van der Waals surface area contributed by atoms with Crippen molar-refractivity contribution < 1.29 is 4.79 Å². The molecule has 5 heteroatoms. The Kier molecular flexibility index (Phi) is 7.22. The number of benzene rings is 2. The van der Waals surface area contributed by atoms with Crippen LogP contribution in [-0.2, 0) is 6.54 Å². The van der Waals surface area contributed by atoms with Crippen molar-refractivity contribution in [3.8, 4) is 0 Å². The van der Waals surface area contributed by atoms with E-state index in [-0.39, 0.29) is 17.4 Å². The Labute approximate surface area is 202 Å². The first-order valence-corrected chi connectivity index (χ1v) is 12.8. The molecule has 1 N–H and O–H groups in total. The van der Waals surface area contributed by atoms with Gasteiger partial charge >= 0.3 is 0 Å². The zero-order valence-electron chi connectivity index (χ0n) is 20.6. The van der Waals surface area contributed by atoms with Gasteiger partial charge in [0.05, 0.1) is 0 Å². The van der Waals surface area contributed by atoms with E-state index in [0.29, 0.717) is 0 Å². The molecule has 4 nitrogen and oxygen atoms in total. The van der Waals surface area contributed by atoms with E-state index in [4.69, 9.17) is 0 Å². The Morgan fingerprint density at radius 1 is 0.970 bits per heavy atom. The van der Waals surface area contributed by atoms with E-state index in [1.807, 2.05) is 42.5 Å². The largest absolute Gasteiger partial charge is 0.347 e. The molecule has 0 radical (unpaired) electrons. The second kappa shape index (κ2) is 9.96. The fraction of sp³-hybridized carbons (Fsp3) is 0.464.